The van der Waals surface area contributed by atoms with Crippen molar-refractivity contribution < 1.29 is 19.1 Å². The molecule has 7 heteroatoms. The van der Waals surface area contributed by atoms with Crippen LogP contribution in [0.3, 0.4) is 0 Å². The molecule has 29 heavy (non-hydrogen) atoms. The topological polar surface area (TPSA) is 75.7 Å². The highest BCUT2D eigenvalue weighted by Crippen LogP contribution is 2.31. The minimum absolute atomic E-state index is 0.121. The number of nitrogens with zero attached hydrogens (tertiary/aromatic N) is 1. The van der Waals surface area contributed by atoms with Gasteiger partial charge in [-0.15, -0.1) is 0 Å². The second-order valence-electron chi connectivity index (χ2n) is 6.15. The van der Waals surface area contributed by atoms with Crippen LogP contribution in [0.25, 0.3) is 12.2 Å². The van der Waals surface area contributed by atoms with Crippen LogP contribution in [0, 0.1) is 0 Å². The van der Waals surface area contributed by atoms with Crippen molar-refractivity contribution >= 4 is 41.0 Å². The van der Waals surface area contributed by atoms with E-state index in [1.54, 1.807) is 19.3 Å². The van der Waals surface area contributed by atoms with Crippen LogP contribution in [-0.2, 0) is 9.59 Å². The lowest BCUT2D eigenvalue weighted by Crippen LogP contribution is -2.36. The molecule has 1 N–H and O–H groups in total. The first-order valence-corrected chi connectivity index (χ1v) is 9.79. The maximum Gasteiger partial charge on any atom is 0.293 e. The van der Waals surface area contributed by atoms with Crippen molar-refractivity contribution in [3.8, 4) is 5.75 Å². The molecule has 0 radical (unpaired) electrons. The first-order valence-electron chi connectivity index (χ1n) is 8.97. The van der Waals surface area contributed by atoms with E-state index < -0.39 is 0 Å². The largest absolute Gasteiger partial charge is 0.497 e. The maximum atomic E-state index is 12.4. The summed E-state index contributed by atoms with van der Waals surface area (Å²) < 4.78 is 5.14. The number of ether oxygens (including phenoxy) is 1. The fourth-order valence-electron chi connectivity index (χ4n) is 2.66. The molecule has 148 valence electrons. The molecule has 0 bridgehead atoms. The van der Waals surface area contributed by atoms with E-state index in [9.17, 15) is 14.4 Å². The number of amides is 3. The standard InChI is InChI=1S/C22H20N2O4S/c1-28-18-9-5-8-17(14-18)10-11-20(25)23-12-13-24-21(26)19(29-22(24)27)15-16-6-3-2-4-7-16/h2-11,14-15H,12-13H2,1H3,(H,23,25)/b11-10+,19-15+. The van der Waals surface area contributed by atoms with Crippen molar-refractivity contribution in [3.05, 3.63) is 76.7 Å². The lowest BCUT2D eigenvalue weighted by molar-refractivity contribution is -0.123. The van der Waals surface area contributed by atoms with Crippen LogP contribution in [0.4, 0.5) is 4.79 Å². The zero-order chi connectivity index (χ0) is 20.6. The van der Waals surface area contributed by atoms with E-state index in [0.29, 0.717) is 10.7 Å². The summed E-state index contributed by atoms with van der Waals surface area (Å²) in [5.74, 6) is 0.0557. The molecule has 2 aromatic rings. The molecule has 1 heterocycles. The average Bonchev–Trinajstić information content (AvgIpc) is 3.00. The fourth-order valence-corrected chi connectivity index (χ4v) is 3.53. The summed E-state index contributed by atoms with van der Waals surface area (Å²) in [5.41, 5.74) is 1.69. The Hall–Kier alpha value is -3.32. The molecule has 0 unspecified atom stereocenters. The Morgan fingerprint density at radius 1 is 1.10 bits per heavy atom. The quantitative estimate of drug-likeness (QED) is 0.709. The number of carbonyl (C=O) groups is 3. The van der Waals surface area contributed by atoms with Gasteiger partial charge >= 0.3 is 0 Å². The summed E-state index contributed by atoms with van der Waals surface area (Å²) in [7, 11) is 1.58. The van der Waals surface area contributed by atoms with Crippen molar-refractivity contribution in [1.29, 1.82) is 0 Å². The van der Waals surface area contributed by atoms with E-state index >= 15 is 0 Å². The zero-order valence-corrected chi connectivity index (χ0v) is 16.6. The number of nitrogens with one attached hydrogen (secondary N) is 1. The lowest BCUT2D eigenvalue weighted by atomic mass is 10.2. The van der Waals surface area contributed by atoms with E-state index in [4.69, 9.17) is 4.74 Å². The minimum Gasteiger partial charge on any atom is -0.497 e. The van der Waals surface area contributed by atoms with Crippen molar-refractivity contribution in [2.75, 3.05) is 20.2 Å². The van der Waals surface area contributed by atoms with Gasteiger partial charge in [0, 0.05) is 19.2 Å². The van der Waals surface area contributed by atoms with E-state index in [-0.39, 0.29) is 30.1 Å². The maximum absolute atomic E-state index is 12.4. The molecule has 2 aromatic carbocycles. The number of methoxy groups -OCH3 is 1. The monoisotopic (exact) mass is 408 g/mol. The Kier molecular flexibility index (Phi) is 6.86. The molecule has 1 saturated heterocycles. The molecule has 3 rings (SSSR count). The van der Waals surface area contributed by atoms with Crippen LogP contribution in [0.5, 0.6) is 5.75 Å². The second-order valence-corrected chi connectivity index (χ2v) is 7.14. The molecule has 0 spiro atoms. The fraction of sp³-hybridized carbons (Fsp3) is 0.136. The smallest absolute Gasteiger partial charge is 0.293 e. The van der Waals surface area contributed by atoms with Gasteiger partial charge in [0.2, 0.25) is 5.91 Å². The molecule has 0 aromatic heterocycles. The number of hydrogen-bond donors (Lipinski definition) is 1. The van der Waals surface area contributed by atoms with Gasteiger partial charge in [-0.2, -0.15) is 0 Å². The van der Waals surface area contributed by atoms with E-state index in [0.717, 1.165) is 27.8 Å². The summed E-state index contributed by atoms with van der Waals surface area (Å²) in [4.78, 5) is 38.1. The number of rotatable bonds is 7. The summed E-state index contributed by atoms with van der Waals surface area (Å²) in [6, 6.07) is 16.7. The molecule has 1 fully saturated rings. The number of imide groups is 1. The van der Waals surface area contributed by atoms with Gasteiger partial charge in [-0.3, -0.25) is 19.3 Å². The Labute approximate surface area is 173 Å². The number of hydrogen-bond acceptors (Lipinski definition) is 5. The van der Waals surface area contributed by atoms with Crippen LogP contribution in [0.2, 0.25) is 0 Å². The van der Waals surface area contributed by atoms with Gasteiger partial charge in [0.15, 0.2) is 0 Å². The van der Waals surface area contributed by atoms with Crippen LogP contribution in [-0.4, -0.2) is 42.2 Å². The molecule has 1 aliphatic heterocycles. The summed E-state index contributed by atoms with van der Waals surface area (Å²) in [6.45, 7) is 0.299. The number of carbonyl (C=O) groups excluding carboxylic acids is 3. The lowest BCUT2D eigenvalue weighted by Gasteiger charge is -2.12. The Morgan fingerprint density at radius 2 is 1.86 bits per heavy atom. The van der Waals surface area contributed by atoms with Gasteiger partial charge in [-0.1, -0.05) is 42.5 Å². The van der Waals surface area contributed by atoms with Crippen LogP contribution in [0.1, 0.15) is 11.1 Å². The Morgan fingerprint density at radius 3 is 2.62 bits per heavy atom. The molecular weight excluding hydrogens is 388 g/mol. The SMILES string of the molecule is COc1cccc(/C=C/C(=O)NCCN2C(=O)S/C(=C/c3ccccc3)C2=O)c1. The first kappa shape index (κ1) is 20.4. The number of thioether (sulfide) groups is 1. The molecular formula is C22H20N2O4S. The van der Waals surface area contributed by atoms with E-state index in [2.05, 4.69) is 5.32 Å². The highest BCUT2D eigenvalue weighted by atomic mass is 32.2. The molecule has 6 nitrogen and oxygen atoms in total. The van der Waals surface area contributed by atoms with Gasteiger partial charge < -0.3 is 10.1 Å². The van der Waals surface area contributed by atoms with Crippen LogP contribution >= 0.6 is 11.8 Å². The van der Waals surface area contributed by atoms with Gasteiger partial charge in [0.1, 0.15) is 5.75 Å². The highest BCUT2D eigenvalue weighted by Gasteiger charge is 2.34. The van der Waals surface area contributed by atoms with Gasteiger partial charge in [0.05, 0.1) is 12.0 Å². The molecule has 0 saturated carbocycles. The van der Waals surface area contributed by atoms with E-state index in [1.165, 1.54) is 6.08 Å². The van der Waals surface area contributed by atoms with Crippen molar-refractivity contribution in [1.82, 2.24) is 10.2 Å². The highest BCUT2D eigenvalue weighted by molar-refractivity contribution is 8.18. The van der Waals surface area contributed by atoms with Gasteiger partial charge in [-0.05, 0) is 47.2 Å². The summed E-state index contributed by atoms with van der Waals surface area (Å²) in [5, 5.41) is 2.35. The van der Waals surface area contributed by atoms with Crippen LogP contribution < -0.4 is 10.1 Å². The van der Waals surface area contributed by atoms with Crippen molar-refractivity contribution in [3.63, 3.8) is 0 Å². The molecule has 1 aliphatic rings. The van der Waals surface area contributed by atoms with Crippen molar-refractivity contribution in [2.24, 2.45) is 0 Å². The van der Waals surface area contributed by atoms with Crippen LogP contribution in [0.15, 0.2) is 65.6 Å². The molecule has 3 amide bonds. The predicted molar refractivity (Wildman–Crippen MR) is 114 cm³/mol. The summed E-state index contributed by atoms with van der Waals surface area (Å²) in [6.07, 6.45) is 4.76. The van der Waals surface area contributed by atoms with Gasteiger partial charge in [0.25, 0.3) is 11.1 Å². The normalized spacial score (nSPS) is 15.3. The third kappa shape index (κ3) is 5.58. The molecule has 0 aliphatic carbocycles. The zero-order valence-electron chi connectivity index (χ0n) is 15.8. The number of benzene rings is 2. The Bertz CT molecular complexity index is 970. The summed E-state index contributed by atoms with van der Waals surface area (Å²) >= 11 is 0.906. The first-order chi connectivity index (χ1) is 14.1. The molecule has 0 atom stereocenters. The average molecular weight is 408 g/mol. The third-order valence-corrected chi connectivity index (χ3v) is 5.03. The predicted octanol–water partition coefficient (Wildman–Crippen LogP) is 3.56. The second kappa shape index (κ2) is 9.75. The van der Waals surface area contributed by atoms with Crippen molar-refractivity contribution in [2.45, 2.75) is 0 Å². The Balaban J connectivity index is 1.51. The van der Waals surface area contributed by atoms with Gasteiger partial charge in [-0.25, -0.2) is 0 Å². The minimum atomic E-state index is -0.343. The van der Waals surface area contributed by atoms with E-state index in [1.807, 2.05) is 54.6 Å². The third-order valence-electron chi connectivity index (χ3n) is 4.13.